The van der Waals surface area contributed by atoms with Crippen LogP contribution in [0.5, 0.6) is 0 Å². The van der Waals surface area contributed by atoms with Crippen LogP contribution in [0.4, 0.5) is 8.78 Å². The Morgan fingerprint density at radius 1 is 1.16 bits per heavy atom. The van der Waals surface area contributed by atoms with Crippen LogP contribution in [0.25, 0.3) is 11.4 Å². The number of piperidine rings is 1. The summed E-state index contributed by atoms with van der Waals surface area (Å²) < 4.78 is 32.5. The molecule has 4 rings (SSSR count). The zero-order chi connectivity index (χ0) is 21.8. The highest BCUT2D eigenvalue weighted by Crippen LogP contribution is 2.27. The molecule has 0 spiro atoms. The van der Waals surface area contributed by atoms with E-state index in [1.54, 1.807) is 23.1 Å². The Bertz CT molecular complexity index is 1100. The number of carbonyl (C=O) groups excluding carboxylic acids is 2. The summed E-state index contributed by atoms with van der Waals surface area (Å²) in [5.41, 5.74) is 0.400. The van der Waals surface area contributed by atoms with Crippen LogP contribution in [-0.2, 0) is 4.79 Å². The molecule has 1 aliphatic heterocycles. The predicted molar refractivity (Wildman–Crippen MR) is 107 cm³/mol. The predicted octanol–water partition coefficient (Wildman–Crippen LogP) is 3.15. The first-order valence-corrected chi connectivity index (χ1v) is 9.91. The summed E-state index contributed by atoms with van der Waals surface area (Å²) in [6, 6.07) is 11.5. The number of likely N-dealkylation sites (tertiary alicyclic amines) is 1. The van der Waals surface area contributed by atoms with Gasteiger partial charge in [0.1, 0.15) is 11.6 Å². The van der Waals surface area contributed by atoms with Gasteiger partial charge in [-0.15, -0.1) is 0 Å². The molecule has 31 heavy (non-hydrogen) atoms. The van der Waals surface area contributed by atoms with Gasteiger partial charge in [0.25, 0.3) is 5.91 Å². The first-order chi connectivity index (χ1) is 15.0. The van der Waals surface area contributed by atoms with Crippen molar-refractivity contribution >= 4 is 11.8 Å². The van der Waals surface area contributed by atoms with Crippen molar-refractivity contribution in [2.45, 2.75) is 18.8 Å². The Hall–Kier alpha value is -3.62. The van der Waals surface area contributed by atoms with E-state index in [0.717, 1.165) is 12.8 Å². The first kappa shape index (κ1) is 20.6. The molecule has 0 radical (unpaired) electrons. The van der Waals surface area contributed by atoms with Crippen LogP contribution < -0.4 is 5.32 Å². The molecule has 3 aromatic rings. The number of halogens is 2. The molecule has 1 aliphatic rings. The van der Waals surface area contributed by atoms with Crippen molar-refractivity contribution in [2.75, 3.05) is 19.6 Å². The summed E-state index contributed by atoms with van der Waals surface area (Å²) in [6.45, 7) is 0.660. The maximum absolute atomic E-state index is 13.7. The number of aromatic nitrogens is 2. The molecular weight excluding hydrogens is 406 g/mol. The smallest absolute Gasteiger partial charge is 0.254 e. The lowest BCUT2D eigenvalue weighted by Gasteiger charge is -2.31. The second-order valence-electron chi connectivity index (χ2n) is 7.31. The number of amides is 2. The van der Waals surface area contributed by atoms with Crippen molar-refractivity contribution in [2.24, 2.45) is 0 Å². The molecule has 1 fully saturated rings. The third kappa shape index (κ3) is 4.76. The van der Waals surface area contributed by atoms with Gasteiger partial charge in [-0.2, -0.15) is 4.98 Å². The standard InChI is InChI=1S/C22H20F2N4O3/c23-16-7-3-5-14(11-16)20-26-22(31-27-20)15-6-4-10-28(13-15)19(29)12-25-21(30)17-8-1-2-9-18(17)24/h1-3,5,7-9,11,15H,4,6,10,12-13H2,(H,25,30). The molecule has 2 amide bonds. The van der Waals surface area contributed by atoms with Gasteiger partial charge in [-0.3, -0.25) is 9.59 Å². The van der Waals surface area contributed by atoms with E-state index in [1.807, 2.05) is 0 Å². The fraction of sp³-hybridized carbons (Fsp3) is 0.273. The van der Waals surface area contributed by atoms with Crippen LogP contribution in [0.2, 0.25) is 0 Å². The lowest BCUT2D eigenvalue weighted by atomic mass is 9.98. The number of nitrogens with zero attached hydrogens (tertiary/aromatic N) is 3. The van der Waals surface area contributed by atoms with Crippen LogP contribution in [-0.4, -0.2) is 46.5 Å². The van der Waals surface area contributed by atoms with Gasteiger partial charge in [0, 0.05) is 18.7 Å². The fourth-order valence-corrected chi connectivity index (χ4v) is 3.56. The average molecular weight is 426 g/mol. The van der Waals surface area contributed by atoms with Crippen LogP contribution >= 0.6 is 0 Å². The van der Waals surface area contributed by atoms with Gasteiger partial charge in [-0.25, -0.2) is 8.78 Å². The molecule has 0 saturated carbocycles. The Morgan fingerprint density at radius 3 is 2.81 bits per heavy atom. The summed E-state index contributed by atoms with van der Waals surface area (Å²) in [6.07, 6.45) is 1.49. The van der Waals surface area contributed by atoms with Gasteiger partial charge in [0.2, 0.25) is 17.6 Å². The van der Waals surface area contributed by atoms with Crippen molar-refractivity contribution in [1.29, 1.82) is 0 Å². The lowest BCUT2D eigenvalue weighted by molar-refractivity contribution is -0.131. The largest absolute Gasteiger partial charge is 0.343 e. The number of benzene rings is 2. The van der Waals surface area contributed by atoms with Gasteiger partial charge in [-0.1, -0.05) is 29.4 Å². The molecule has 160 valence electrons. The fourth-order valence-electron chi connectivity index (χ4n) is 3.56. The highest BCUT2D eigenvalue weighted by Gasteiger charge is 2.29. The number of carbonyl (C=O) groups is 2. The molecule has 1 N–H and O–H groups in total. The van der Waals surface area contributed by atoms with E-state index in [4.69, 9.17) is 4.52 Å². The van der Waals surface area contributed by atoms with E-state index in [2.05, 4.69) is 15.5 Å². The van der Waals surface area contributed by atoms with E-state index in [9.17, 15) is 18.4 Å². The first-order valence-electron chi connectivity index (χ1n) is 9.91. The molecule has 2 aromatic carbocycles. The highest BCUT2D eigenvalue weighted by molar-refractivity contribution is 5.96. The van der Waals surface area contributed by atoms with Crippen molar-refractivity contribution in [3.63, 3.8) is 0 Å². The Labute approximate surface area is 177 Å². The monoisotopic (exact) mass is 426 g/mol. The van der Waals surface area contributed by atoms with Gasteiger partial charge in [0.05, 0.1) is 18.0 Å². The van der Waals surface area contributed by atoms with E-state index in [1.165, 1.54) is 30.3 Å². The van der Waals surface area contributed by atoms with E-state index in [0.29, 0.717) is 24.5 Å². The molecule has 0 aliphatic carbocycles. The Morgan fingerprint density at radius 2 is 2.00 bits per heavy atom. The normalized spacial score (nSPS) is 16.2. The summed E-state index contributed by atoms with van der Waals surface area (Å²) in [4.78, 5) is 30.7. The van der Waals surface area contributed by atoms with Crippen molar-refractivity contribution in [1.82, 2.24) is 20.4 Å². The summed E-state index contributed by atoms with van der Waals surface area (Å²) in [5.74, 6) is -1.44. The van der Waals surface area contributed by atoms with Gasteiger partial charge in [0.15, 0.2) is 0 Å². The second-order valence-corrected chi connectivity index (χ2v) is 7.31. The summed E-state index contributed by atoms with van der Waals surface area (Å²) in [5, 5.41) is 6.39. The summed E-state index contributed by atoms with van der Waals surface area (Å²) in [7, 11) is 0. The third-order valence-electron chi connectivity index (χ3n) is 5.17. The summed E-state index contributed by atoms with van der Waals surface area (Å²) >= 11 is 0. The molecule has 0 bridgehead atoms. The van der Waals surface area contributed by atoms with Gasteiger partial charge in [-0.05, 0) is 37.1 Å². The number of hydrogen-bond donors (Lipinski definition) is 1. The molecule has 1 aromatic heterocycles. The number of rotatable bonds is 5. The van der Waals surface area contributed by atoms with Crippen molar-refractivity contribution < 1.29 is 22.9 Å². The third-order valence-corrected chi connectivity index (χ3v) is 5.17. The van der Waals surface area contributed by atoms with Gasteiger partial charge >= 0.3 is 0 Å². The molecule has 1 unspecified atom stereocenters. The highest BCUT2D eigenvalue weighted by atomic mass is 19.1. The van der Waals surface area contributed by atoms with Crippen LogP contribution in [0, 0.1) is 11.6 Å². The van der Waals surface area contributed by atoms with E-state index < -0.39 is 17.5 Å². The maximum atomic E-state index is 13.7. The van der Waals surface area contributed by atoms with Crippen molar-refractivity contribution in [3.8, 4) is 11.4 Å². The molecule has 7 nitrogen and oxygen atoms in total. The van der Waals surface area contributed by atoms with E-state index in [-0.39, 0.29) is 29.8 Å². The zero-order valence-electron chi connectivity index (χ0n) is 16.6. The molecule has 2 heterocycles. The quantitative estimate of drug-likeness (QED) is 0.677. The van der Waals surface area contributed by atoms with E-state index >= 15 is 0 Å². The average Bonchev–Trinajstić information content (AvgIpc) is 3.28. The molecular formula is C22H20F2N4O3. The van der Waals surface area contributed by atoms with Crippen LogP contribution in [0.15, 0.2) is 53.1 Å². The lowest BCUT2D eigenvalue weighted by Crippen LogP contribution is -2.44. The maximum Gasteiger partial charge on any atom is 0.254 e. The minimum atomic E-state index is -0.643. The van der Waals surface area contributed by atoms with Crippen LogP contribution in [0.1, 0.15) is 35.0 Å². The number of nitrogens with one attached hydrogen (secondary N) is 1. The zero-order valence-corrected chi connectivity index (χ0v) is 16.6. The van der Waals surface area contributed by atoms with Crippen LogP contribution in [0.3, 0.4) is 0 Å². The minimum Gasteiger partial charge on any atom is -0.343 e. The SMILES string of the molecule is O=C(NCC(=O)N1CCCC(c2nc(-c3cccc(F)c3)no2)C1)c1ccccc1F. The Kier molecular flexibility index (Phi) is 6.01. The van der Waals surface area contributed by atoms with Gasteiger partial charge < -0.3 is 14.7 Å². The topological polar surface area (TPSA) is 88.3 Å². The molecule has 1 atom stereocenters. The van der Waals surface area contributed by atoms with Crippen molar-refractivity contribution in [3.05, 3.63) is 71.6 Å². The second kappa shape index (κ2) is 9.03. The Balaban J connectivity index is 1.37. The molecule has 1 saturated heterocycles. The minimum absolute atomic E-state index is 0.109. The molecule has 9 heteroatoms. The number of hydrogen-bond acceptors (Lipinski definition) is 5.